The van der Waals surface area contributed by atoms with E-state index < -0.39 is 0 Å². The molecule has 2 heterocycles. The topological polar surface area (TPSA) is 44.8 Å². The van der Waals surface area contributed by atoms with Crippen LogP contribution in [0.4, 0.5) is 0 Å². The monoisotopic (exact) mass is 471 g/mol. The lowest BCUT2D eigenvalue weighted by Crippen LogP contribution is -2.46. The van der Waals surface area contributed by atoms with Crippen LogP contribution in [-0.2, 0) is 19.5 Å². The second kappa shape index (κ2) is 11.4. The second-order valence-corrected chi connectivity index (χ2v) is 9.53. The van der Waals surface area contributed by atoms with Crippen molar-refractivity contribution in [3.8, 4) is 5.75 Å². The van der Waals surface area contributed by atoms with Crippen LogP contribution >= 0.6 is 11.6 Å². The number of hydrogen-bond donors (Lipinski definition) is 1. The van der Waals surface area contributed by atoms with Crippen LogP contribution < -0.4 is 10.1 Å². The van der Waals surface area contributed by atoms with Gasteiger partial charge in [-0.05, 0) is 61.6 Å². The maximum absolute atomic E-state index is 13.2. The van der Waals surface area contributed by atoms with Crippen LogP contribution in [0.1, 0.15) is 61.2 Å². The first kappa shape index (κ1) is 25.5. The van der Waals surface area contributed by atoms with Crippen molar-refractivity contribution in [2.24, 2.45) is 0 Å². The Kier molecular flexibility index (Phi) is 8.80. The third-order valence-electron chi connectivity index (χ3n) is 6.72. The van der Waals surface area contributed by atoms with Gasteiger partial charge in [0.15, 0.2) is 0 Å². The zero-order valence-electron chi connectivity index (χ0n) is 20.7. The highest BCUT2D eigenvalue weighted by molar-refractivity contribution is 6.32. The molecular weight excluding hydrogens is 434 g/mol. The fraction of sp³-hybridized carbons (Fsp3) is 0.519. The molecule has 6 heteroatoms. The molecule has 0 aromatic heterocycles. The molecule has 0 bridgehead atoms. The molecule has 2 aliphatic heterocycles. The lowest BCUT2D eigenvalue weighted by Gasteiger charge is -2.36. The smallest absolute Gasteiger partial charge is 0.254 e. The Morgan fingerprint density at radius 3 is 2.52 bits per heavy atom. The molecule has 1 amide bonds. The van der Waals surface area contributed by atoms with E-state index in [1.54, 1.807) is 7.11 Å². The molecule has 0 unspecified atom stereocenters. The standard InChI is InChI=1S/C25H32ClN3O2.C2H6/c1-25(2,10-9-18-7-8-23(31-3)22(26)15-18)29-16-19-5-4-6-20(21(19)17-29)24(30)28-13-11-27-12-14-28;1-2/h4-8,15,27H,9-14,16-17H2,1-3H3;1-2H3. The number of methoxy groups -OCH3 is 1. The Hall–Kier alpha value is -2.08. The first-order valence-corrected chi connectivity index (χ1v) is 12.4. The van der Waals surface area contributed by atoms with E-state index in [2.05, 4.69) is 36.2 Å². The van der Waals surface area contributed by atoms with Gasteiger partial charge in [0.05, 0.1) is 12.1 Å². The number of aryl methyl sites for hydroxylation is 1. The number of ether oxygens (including phenoxy) is 1. The van der Waals surface area contributed by atoms with Crippen molar-refractivity contribution >= 4 is 17.5 Å². The second-order valence-electron chi connectivity index (χ2n) is 9.12. The fourth-order valence-corrected chi connectivity index (χ4v) is 4.84. The van der Waals surface area contributed by atoms with E-state index in [0.29, 0.717) is 10.8 Å². The Labute approximate surface area is 204 Å². The quantitative estimate of drug-likeness (QED) is 0.633. The van der Waals surface area contributed by atoms with Crippen LogP contribution in [0, 0.1) is 0 Å². The van der Waals surface area contributed by atoms with Crippen molar-refractivity contribution < 1.29 is 9.53 Å². The zero-order chi connectivity index (χ0) is 24.0. The Bertz CT molecular complexity index is 954. The lowest BCUT2D eigenvalue weighted by molar-refractivity contribution is 0.0731. The molecule has 4 rings (SSSR count). The highest BCUT2D eigenvalue weighted by Crippen LogP contribution is 2.34. The molecule has 2 aromatic carbocycles. The zero-order valence-corrected chi connectivity index (χ0v) is 21.5. The van der Waals surface area contributed by atoms with Gasteiger partial charge < -0.3 is 15.0 Å². The summed E-state index contributed by atoms with van der Waals surface area (Å²) in [6.07, 6.45) is 1.95. The number of carbonyl (C=O) groups excluding carboxylic acids is 1. The third-order valence-corrected chi connectivity index (χ3v) is 7.01. The number of carbonyl (C=O) groups is 1. The first-order valence-electron chi connectivity index (χ1n) is 12.1. The molecule has 0 radical (unpaired) electrons. The largest absolute Gasteiger partial charge is 0.495 e. The van der Waals surface area contributed by atoms with Gasteiger partial charge >= 0.3 is 0 Å². The molecule has 2 aromatic rings. The normalized spacial score (nSPS) is 16.1. The molecule has 0 aliphatic carbocycles. The predicted molar refractivity (Wildman–Crippen MR) is 136 cm³/mol. The summed E-state index contributed by atoms with van der Waals surface area (Å²) in [5.74, 6) is 0.882. The van der Waals surface area contributed by atoms with E-state index in [0.717, 1.165) is 57.7 Å². The Morgan fingerprint density at radius 2 is 1.85 bits per heavy atom. The van der Waals surface area contributed by atoms with E-state index in [9.17, 15) is 4.79 Å². The van der Waals surface area contributed by atoms with Gasteiger partial charge in [-0.1, -0.05) is 43.6 Å². The lowest BCUT2D eigenvalue weighted by atomic mass is 9.93. The van der Waals surface area contributed by atoms with Crippen LogP contribution in [-0.4, -0.2) is 54.5 Å². The fourth-order valence-electron chi connectivity index (χ4n) is 4.56. The molecule has 1 fully saturated rings. The first-order chi connectivity index (χ1) is 15.9. The molecule has 0 spiro atoms. The molecule has 2 aliphatic rings. The summed E-state index contributed by atoms with van der Waals surface area (Å²) in [6.45, 7) is 13.6. The molecule has 0 atom stereocenters. The minimum atomic E-state index is 0.000780. The molecule has 33 heavy (non-hydrogen) atoms. The number of fused-ring (bicyclic) bond motifs is 1. The Balaban J connectivity index is 0.00000149. The van der Waals surface area contributed by atoms with Gasteiger partial charge in [-0.25, -0.2) is 0 Å². The molecule has 5 nitrogen and oxygen atoms in total. The van der Waals surface area contributed by atoms with Gasteiger partial charge in [-0.15, -0.1) is 0 Å². The average molecular weight is 472 g/mol. The van der Waals surface area contributed by atoms with Crippen LogP contribution in [0.15, 0.2) is 36.4 Å². The van der Waals surface area contributed by atoms with Crippen LogP contribution in [0.3, 0.4) is 0 Å². The van der Waals surface area contributed by atoms with E-state index in [1.165, 1.54) is 16.7 Å². The predicted octanol–water partition coefficient (Wildman–Crippen LogP) is 5.15. The summed E-state index contributed by atoms with van der Waals surface area (Å²) in [4.78, 5) is 17.6. The van der Waals surface area contributed by atoms with E-state index >= 15 is 0 Å². The highest BCUT2D eigenvalue weighted by Gasteiger charge is 2.34. The maximum atomic E-state index is 13.2. The van der Waals surface area contributed by atoms with Crippen molar-refractivity contribution in [2.45, 2.75) is 59.2 Å². The van der Waals surface area contributed by atoms with Gasteiger partial charge in [0.1, 0.15) is 5.75 Å². The number of amides is 1. The number of rotatable bonds is 6. The Morgan fingerprint density at radius 1 is 1.12 bits per heavy atom. The van der Waals surface area contributed by atoms with E-state index in [-0.39, 0.29) is 11.4 Å². The van der Waals surface area contributed by atoms with Crippen molar-refractivity contribution in [1.82, 2.24) is 15.1 Å². The van der Waals surface area contributed by atoms with Gasteiger partial charge in [-0.3, -0.25) is 9.69 Å². The van der Waals surface area contributed by atoms with Crippen LogP contribution in [0.25, 0.3) is 0 Å². The minimum absolute atomic E-state index is 0.000780. The highest BCUT2D eigenvalue weighted by atomic mass is 35.5. The maximum Gasteiger partial charge on any atom is 0.254 e. The summed E-state index contributed by atoms with van der Waals surface area (Å²) in [6, 6.07) is 12.2. The van der Waals surface area contributed by atoms with Crippen molar-refractivity contribution in [3.63, 3.8) is 0 Å². The average Bonchev–Trinajstić information content (AvgIpc) is 3.30. The molecule has 0 saturated carbocycles. The number of halogens is 1. The summed E-state index contributed by atoms with van der Waals surface area (Å²) < 4.78 is 5.26. The van der Waals surface area contributed by atoms with Crippen molar-refractivity contribution in [3.05, 3.63) is 63.7 Å². The number of nitrogens with one attached hydrogen (secondary N) is 1. The SMILES string of the molecule is CC.COc1ccc(CCC(C)(C)N2Cc3cccc(C(=O)N4CCNCC4)c3C2)cc1Cl. The number of nitrogens with zero attached hydrogens (tertiary/aromatic N) is 2. The van der Waals surface area contributed by atoms with Crippen molar-refractivity contribution in [2.75, 3.05) is 33.3 Å². The summed E-state index contributed by atoms with van der Waals surface area (Å²) in [7, 11) is 1.64. The van der Waals surface area contributed by atoms with Gasteiger partial charge in [0.25, 0.3) is 5.91 Å². The van der Waals surface area contributed by atoms with E-state index in [1.807, 2.05) is 43.0 Å². The number of piperazine rings is 1. The summed E-state index contributed by atoms with van der Waals surface area (Å²) in [5, 5.41) is 3.98. The minimum Gasteiger partial charge on any atom is -0.495 e. The molecule has 180 valence electrons. The number of hydrogen-bond acceptors (Lipinski definition) is 4. The van der Waals surface area contributed by atoms with Gasteiger partial charge in [0.2, 0.25) is 0 Å². The summed E-state index contributed by atoms with van der Waals surface area (Å²) in [5.41, 5.74) is 4.57. The molecule has 1 N–H and O–H groups in total. The van der Waals surface area contributed by atoms with Gasteiger partial charge in [-0.2, -0.15) is 0 Å². The molecule has 1 saturated heterocycles. The van der Waals surface area contributed by atoms with E-state index in [4.69, 9.17) is 16.3 Å². The van der Waals surface area contributed by atoms with Crippen LogP contribution in [0.5, 0.6) is 5.75 Å². The molecular formula is C27H38ClN3O2. The van der Waals surface area contributed by atoms with Crippen LogP contribution in [0.2, 0.25) is 5.02 Å². The summed E-state index contributed by atoms with van der Waals surface area (Å²) >= 11 is 6.30. The van der Waals surface area contributed by atoms with Gasteiger partial charge in [0, 0.05) is 50.4 Å². The third kappa shape index (κ3) is 5.89. The van der Waals surface area contributed by atoms with Crippen molar-refractivity contribution in [1.29, 1.82) is 0 Å². The number of benzene rings is 2.